The van der Waals surface area contributed by atoms with Gasteiger partial charge in [-0.05, 0) is 80.6 Å². The van der Waals surface area contributed by atoms with Gasteiger partial charge in [-0.25, -0.2) is 14.0 Å². The Morgan fingerprint density at radius 1 is 1.07 bits per heavy atom. The lowest BCUT2D eigenvalue weighted by molar-refractivity contribution is -0.142. The van der Waals surface area contributed by atoms with Crippen LogP contribution in [0.4, 0.5) is 14.9 Å². The summed E-state index contributed by atoms with van der Waals surface area (Å²) in [6, 6.07) is 19.2. The van der Waals surface area contributed by atoms with E-state index in [2.05, 4.69) is 20.8 Å². The number of benzene rings is 3. The van der Waals surface area contributed by atoms with Crippen molar-refractivity contribution in [2.24, 2.45) is 5.92 Å². The van der Waals surface area contributed by atoms with Crippen molar-refractivity contribution in [1.29, 1.82) is 0 Å². The van der Waals surface area contributed by atoms with Crippen molar-refractivity contribution in [3.8, 4) is 22.8 Å². The Labute approximate surface area is 247 Å². The van der Waals surface area contributed by atoms with Gasteiger partial charge in [0, 0.05) is 23.6 Å². The van der Waals surface area contributed by atoms with Crippen molar-refractivity contribution in [3.63, 3.8) is 0 Å². The molecule has 43 heavy (non-hydrogen) atoms. The number of aliphatic carboxylic acids is 1. The Morgan fingerprint density at radius 2 is 1.79 bits per heavy atom. The average Bonchev–Trinajstić information content (AvgIpc) is 3.62. The molecule has 0 bridgehead atoms. The normalized spacial score (nSPS) is 16.7. The van der Waals surface area contributed by atoms with Gasteiger partial charge in [-0.1, -0.05) is 41.6 Å². The van der Waals surface area contributed by atoms with Crippen molar-refractivity contribution < 1.29 is 33.1 Å². The van der Waals surface area contributed by atoms with Crippen molar-refractivity contribution in [2.45, 2.75) is 51.2 Å². The lowest BCUT2D eigenvalue weighted by Crippen LogP contribution is -2.43. The third-order valence-corrected chi connectivity index (χ3v) is 6.89. The smallest absolute Gasteiger partial charge is 0.412 e. The highest BCUT2D eigenvalue weighted by Crippen LogP contribution is 2.47. The number of halogens is 1. The van der Waals surface area contributed by atoms with Gasteiger partial charge in [0.05, 0.1) is 5.56 Å². The number of nitrogens with one attached hydrogen (secondary N) is 2. The molecule has 2 amide bonds. The minimum Gasteiger partial charge on any atom is -0.480 e. The molecule has 1 fully saturated rings. The number of carbonyl (C=O) groups is 3. The number of hydrogen-bond donors (Lipinski definition) is 3. The van der Waals surface area contributed by atoms with Crippen molar-refractivity contribution >= 4 is 23.7 Å². The minimum atomic E-state index is -1.21. The molecule has 4 aromatic rings. The number of anilines is 1. The van der Waals surface area contributed by atoms with Crippen LogP contribution in [0.5, 0.6) is 0 Å². The molecule has 3 atom stereocenters. The summed E-state index contributed by atoms with van der Waals surface area (Å²) in [6.07, 6.45) is -0.0241. The maximum Gasteiger partial charge on any atom is 0.412 e. The molecule has 10 nitrogen and oxygen atoms in total. The van der Waals surface area contributed by atoms with E-state index < -0.39 is 29.5 Å². The maximum absolute atomic E-state index is 15.1. The monoisotopic (exact) mass is 586 g/mol. The predicted molar refractivity (Wildman–Crippen MR) is 156 cm³/mol. The summed E-state index contributed by atoms with van der Waals surface area (Å²) in [7, 11) is 0. The first kappa shape index (κ1) is 29.4. The van der Waals surface area contributed by atoms with Gasteiger partial charge in [0.1, 0.15) is 17.5 Å². The SMILES string of the molecule is CC(C)(C)OC(=O)Nc1ccc(-c2nc(-c3ccc(CC(NC(=O)[C@@H]4CC4c4ccccc4)C(=O)O)cc3F)no2)cc1. The topological polar surface area (TPSA) is 144 Å². The maximum atomic E-state index is 15.1. The number of aromatic nitrogens is 2. The summed E-state index contributed by atoms with van der Waals surface area (Å²) in [5.41, 5.74) is 1.93. The quantitative estimate of drug-likeness (QED) is 0.223. The van der Waals surface area contributed by atoms with Gasteiger partial charge in [-0.2, -0.15) is 4.98 Å². The summed E-state index contributed by atoms with van der Waals surface area (Å²) in [6.45, 7) is 5.30. The molecule has 1 aromatic heterocycles. The molecule has 1 saturated carbocycles. The van der Waals surface area contributed by atoms with Crippen LogP contribution in [0.25, 0.3) is 22.8 Å². The van der Waals surface area contributed by atoms with Crippen LogP contribution in [0, 0.1) is 11.7 Å². The second-order valence-electron chi connectivity index (χ2n) is 11.4. The molecule has 2 unspecified atom stereocenters. The molecule has 1 heterocycles. The predicted octanol–water partition coefficient (Wildman–Crippen LogP) is 5.81. The zero-order valence-corrected chi connectivity index (χ0v) is 23.8. The largest absolute Gasteiger partial charge is 0.480 e. The van der Waals surface area contributed by atoms with Gasteiger partial charge in [0.15, 0.2) is 0 Å². The highest BCUT2D eigenvalue weighted by molar-refractivity contribution is 5.88. The van der Waals surface area contributed by atoms with E-state index in [1.54, 1.807) is 51.1 Å². The number of carboxylic acid groups (broad SMARTS) is 1. The highest BCUT2D eigenvalue weighted by Gasteiger charge is 2.44. The van der Waals surface area contributed by atoms with Crippen LogP contribution in [-0.4, -0.2) is 44.9 Å². The number of carboxylic acids is 1. The standard InChI is InChI=1S/C32H31FN4O6/c1-32(2,3)42-31(41)34-21-12-10-20(11-13-21)29-36-27(37-43-29)22-14-9-18(15-25(22)33)16-26(30(39)40)35-28(38)24-17-23(24)19-7-5-4-6-8-19/h4-15,23-24,26H,16-17H2,1-3H3,(H,34,41)(H,35,38)(H,39,40)/t23?,24-,26?/m1/s1. The number of hydrogen-bond acceptors (Lipinski definition) is 7. The lowest BCUT2D eigenvalue weighted by atomic mass is 10.0. The fourth-order valence-corrected chi connectivity index (χ4v) is 4.70. The third-order valence-electron chi connectivity index (χ3n) is 6.89. The van der Waals surface area contributed by atoms with E-state index >= 15 is 4.39 Å². The average molecular weight is 587 g/mol. The molecular formula is C32H31FN4O6. The summed E-state index contributed by atoms with van der Waals surface area (Å²) in [5.74, 6) is -2.25. The van der Waals surface area contributed by atoms with E-state index in [1.807, 2.05) is 30.3 Å². The number of rotatable bonds is 9. The number of carbonyl (C=O) groups excluding carboxylic acids is 2. The Kier molecular flexibility index (Phi) is 8.24. The fourth-order valence-electron chi connectivity index (χ4n) is 4.70. The minimum absolute atomic E-state index is 0.0128. The van der Waals surface area contributed by atoms with Crippen molar-refractivity contribution in [2.75, 3.05) is 5.32 Å². The number of ether oxygens (including phenoxy) is 1. The van der Waals surface area contributed by atoms with Crippen molar-refractivity contribution in [3.05, 3.63) is 89.7 Å². The van der Waals surface area contributed by atoms with Crippen LogP contribution in [0.2, 0.25) is 0 Å². The summed E-state index contributed by atoms with van der Waals surface area (Å²) in [4.78, 5) is 40.9. The molecule has 1 aliphatic rings. The highest BCUT2D eigenvalue weighted by atomic mass is 19.1. The van der Waals surface area contributed by atoms with Gasteiger partial charge in [-0.15, -0.1) is 0 Å². The Hall–Kier alpha value is -5.06. The van der Waals surface area contributed by atoms with Gasteiger partial charge >= 0.3 is 12.1 Å². The first-order valence-corrected chi connectivity index (χ1v) is 13.8. The van der Waals surface area contributed by atoms with E-state index in [0.717, 1.165) is 5.56 Å². The first-order chi connectivity index (χ1) is 20.5. The lowest BCUT2D eigenvalue weighted by Gasteiger charge is -2.19. The molecule has 0 saturated heterocycles. The number of amides is 2. The second kappa shape index (κ2) is 12.0. The summed E-state index contributed by atoms with van der Waals surface area (Å²) in [5, 5.41) is 18.8. The Bertz CT molecular complexity index is 1630. The fraction of sp³-hybridized carbons (Fsp3) is 0.281. The van der Waals surface area contributed by atoms with E-state index in [1.165, 1.54) is 12.1 Å². The van der Waals surface area contributed by atoms with Crippen LogP contribution >= 0.6 is 0 Å². The molecule has 11 heteroatoms. The molecule has 0 radical (unpaired) electrons. The van der Waals surface area contributed by atoms with Crippen LogP contribution < -0.4 is 10.6 Å². The number of nitrogens with zero attached hydrogens (tertiary/aromatic N) is 2. The zero-order valence-electron chi connectivity index (χ0n) is 23.8. The zero-order chi connectivity index (χ0) is 30.7. The molecule has 5 rings (SSSR count). The molecular weight excluding hydrogens is 555 g/mol. The van der Waals surface area contributed by atoms with Crippen LogP contribution in [-0.2, 0) is 20.7 Å². The van der Waals surface area contributed by atoms with E-state index in [-0.39, 0.29) is 41.4 Å². The van der Waals surface area contributed by atoms with Gasteiger partial charge in [0.25, 0.3) is 5.89 Å². The Morgan fingerprint density at radius 3 is 2.44 bits per heavy atom. The molecule has 0 aliphatic heterocycles. The third kappa shape index (κ3) is 7.42. The molecule has 3 aromatic carbocycles. The van der Waals surface area contributed by atoms with Gasteiger partial charge in [-0.3, -0.25) is 10.1 Å². The Balaban J connectivity index is 1.21. The van der Waals surface area contributed by atoms with E-state index in [9.17, 15) is 19.5 Å². The molecule has 3 N–H and O–H groups in total. The van der Waals surface area contributed by atoms with Crippen LogP contribution in [0.15, 0.2) is 77.3 Å². The summed E-state index contributed by atoms with van der Waals surface area (Å²) < 4.78 is 25.7. The van der Waals surface area contributed by atoms with Gasteiger partial charge < -0.3 is 19.7 Å². The molecule has 0 spiro atoms. The van der Waals surface area contributed by atoms with Gasteiger partial charge in [0.2, 0.25) is 11.7 Å². The molecule has 222 valence electrons. The summed E-state index contributed by atoms with van der Waals surface area (Å²) >= 11 is 0. The van der Waals surface area contributed by atoms with Crippen molar-refractivity contribution in [1.82, 2.24) is 15.5 Å². The first-order valence-electron chi connectivity index (χ1n) is 13.8. The van der Waals surface area contributed by atoms with E-state index in [0.29, 0.717) is 23.2 Å². The van der Waals surface area contributed by atoms with E-state index in [4.69, 9.17) is 9.26 Å². The van der Waals surface area contributed by atoms with Crippen LogP contribution in [0.3, 0.4) is 0 Å². The second-order valence-corrected chi connectivity index (χ2v) is 11.4. The van der Waals surface area contributed by atoms with Crippen LogP contribution in [0.1, 0.15) is 44.2 Å². The molecule has 1 aliphatic carbocycles.